The molecule has 0 fully saturated rings. The van der Waals surface area contributed by atoms with Crippen LogP contribution in [0.25, 0.3) is 39.6 Å². The van der Waals surface area contributed by atoms with Crippen LogP contribution in [0.1, 0.15) is 11.4 Å². The third kappa shape index (κ3) is 2.25. The lowest BCUT2D eigenvalue weighted by atomic mass is 10.2. The summed E-state index contributed by atoms with van der Waals surface area (Å²) < 4.78 is 1.81. The van der Waals surface area contributed by atoms with Crippen LogP contribution in [0, 0.1) is 13.8 Å². The van der Waals surface area contributed by atoms with Gasteiger partial charge in [-0.3, -0.25) is 4.98 Å². The maximum absolute atomic E-state index is 4.67. The highest BCUT2D eigenvalue weighted by atomic mass is 15.3. The Bertz CT molecular complexity index is 1210. The molecule has 0 amide bonds. The van der Waals surface area contributed by atoms with Crippen LogP contribution in [0.3, 0.4) is 0 Å². The van der Waals surface area contributed by atoms with E-state index in [2.05, 4.69) is 30.0 Å². The Labute approximate surface area is 148 Å². The molecule has 0 bridgehead atoms. The number of nitrogens with one attached hydrogen (secondary N) is 1. The zero-order valence-corrected chi connectivity index (χ0v) is 14.3. The number of hydrogen-bond donors (Lipinski definition) is 1. The Morgan fingerprint density at radius 1 is 0.923 bits per heavy atom. The van der Waals surface area contributed by atoms with E-state index in [1.54, 1.807) is 12.4 Å². The maximum Gasteiger partial charge on any atom is 0.183 e. The molecule has 0 radical (unpaired) electrons. The van der Waals surface area contributed by atoms with E-state index in [1.807, 2.05) is 54.8 Å². The summed E-state index contributed by atoms with van der Waals surface area (Å²) in [5, 5.41) is 4.60. The molecule has 1 N–H and O–H groups in total. The summed E-state index contributed by atoms with van der Waals surface area (Å²) >= 11 is 0. The van der Waals surface area contributed by atoms with Crippen molar-refractivity contribution in [3.8, 4) is 22.8 Å². The van der Waals surface area contributed by atoms with E-state index in [9.17, 15) is 0 Å². The Morgan fingerprint density at radius 2 is 1.77 bits per heavy atom. The molecule has 0 saturated carbocycles. The van der Waals surface area contributed by atoms with E-state index in [-0.39, 0.29) is 0 Å². The van der Waals surface area contributed by atoms with Crippen LogP contribution in [-0.2, 0) is 0 Å². The second kappa shape index (κ2) is 5.45. The van der Waals surface area contributed by atoms with Crippen molar-refractivity contribution in [1.29, 1.82) is 0 Å². The lowest BCUT2D eigenvalue weighted by molar-refractivity contribution is 0.890. The van der Waals surface area contributed by atoms with Gasteiger partial charge in [0.05, 0.1) is 11.4 Å². The summed E-state index contributed by atoms with van der Waals surface area (Å²) in [5.74, 6) is 1.41. The molecule has 4 aromatic heterocycles. The Balaban J connectivity index is 1.64. The van der Waals surface area contributed by atoms with Crippen LogP contribution in [-0.4, -0.2) is 34.5 Å². The summed E-state index contributed by atoms with van der Waals surface area (Å²) in [6, 6.07) is 11.9. The van der Waals surface area contributed by atoms with Gasteiger partial charge >= 0.3 is 0 Å². The van der Waals surface area contributed by atoms with E-state index < -0.39 is 0 Å². The first-order valence-corrected chi connectivity index (χ1v) is 8.29. The van der Waals surface area contributed by atoms with Gasteiger partial charge in [0.15, 0.2) is 17.1 Å². The molecule has 26 heavy (non-hydrogen) atoms. The predicted molar refractivity (Wildman–Crippen MR) is 98.6 cm³/mol. The summed E-state index contributed by atoms with van der Waals surface area (Å²) in [6.07, 6.45) is 3.56. The molecule has 0 saturated heterocycles. The number of H-pyrrole nitrogens is 1. The Morgan fingerprint density at radius 3 is 2.58 bits per heavy atom. The topological polar surface area (TPSA) is 84.6 Å². The highest BCUT2D eigenvalue weighted by Crippen LogP contribution is 2.23. The van der Waals surface area contributed by atoms with Crippen LogP contribution < -0.4 is 0 Å². The first kappa shape index (κ1) is 14.7. The fourth-order valence-corrected chi connectivity index (χ4v) is 2.97. The van der Waals surface area contributed by atoms with Crippen molar-refractivity contribution in [2.45, 2.75) is 13.8 Å². The van der Waals surface area contributed by atoms with Crippen LogP contribution in [0.5, 0.6) is 0 Å². The average molecular weight is 341 g/mol. The van der Waals surface area contributed by atoms with Crippen LogP contribution >= 0.6 is 0 Å². The molecule has 5 rings (SSSR count). The molecule has 0 aliphatic heterocycles. The monoisotopic (exact) mass is 341 g/mol. The summed E-state index contributed by atoms with van der Waals surface area (Å²) in [4.78, 5) is 21.4. The molecule has 126 valence electrons. The molecular formula is C19H15N7. The minimum absolute atomic E-state index is 0.614. The van der Waals surface area contributed by atoms with Crippen LogP contribution in [0.4, 0.5) is 0 Å². The Kier molecular flexibility index (Phi) is 3.08. The van der Waals surface area contributed by atoms with Crippen LogP contribution in [0.15, 0.2) is 48.8 Å². The number of fused-ring (bicyclic) bond motifs is 2. The minimum atomic E-state index is 0.614. The van der Waals surface area contributed by atoms with Crippen molar-refractivity contribution in [3.63, 3.8) is 0 Å². The van der Waals surface area contributed by atoms with Gasteiger partial charge in [0.2, 0.25) is 0 Å². The molecule has 7 heteroatoms. The SMILES string of the molecule is Cc1ncc(C)n2nc(-c3cnc4[nH]c(-c5ccccc5)nc4c3)nc12. The van der Waals surface area contributed by atoms with E-state index in [4.69, 9.17) is 0 Å². The number of nitrogens with zero attached hydrogens (tertiary/aromatic N) is 6. The molecule has 5 aromatic rings. The van der Waals surface area contributed by atoms with E-state index in [1.165, 1.54) is 0 Å². The number of aryl methyl sites for hydroxylation is 2. The lowest BCUT2D eigenvalue weighted by Crippen LogP contribution is -1.97. The Hall–Kier alpha value is -3.61. The molecule has 7 nitrogen and oxygen atoms in total. The van der Waals surface area contributed by atoms with E-state index in [0.29, 0.717) is 5.82 Å². The third-order valence-electron chi connectivity index (χ3n) is 4.35. The normalized spacial score (nSPS) is 11.5. The second-order valence-corrected chi connectivity index (χ2v) is 6.20. The van der Waals surface area contributed by atoms with Crippen molar-refractivity contribution in [3.05, 3.63) is 60.2 Å². The lowest BCUT2D eigenvalue weighted by Gasteiger charge is -1.97. The van der Waals surface area contributed by atoms with E-state index in [0.717, 1.165) is 45.2 Å². The van der Waals surface area contributed by atoms with Crippen LogP contribution in [0.2, 0.25) is 0 Å². The molecule has 0 aliphatic carbocycles. The van der Waals surface area contributed by atoms with Gasteiger partial charge in [0.1, 0.15) is 11.3 Å². The second-order valence-electron chi connectivity index (χ2n) is 6.20. The number of pyridine rings is 1. The quantitative estimate of drug-likeness (QED) is 0.532. The fraction of sp³-hybridized carbons (Fsp3) is 0.105. The number of benzene rings is 1. The van der Waals surface area contributed by atoms with Gasteiger partial charge in [0.25, 0.3) is 0 Å². The summed E-state index contributed by atoms with van der Waals surface area (Å²) in [6.45, 7) is 3.88. The smallest absolute Gasteiger partial charge is 0.183 e. The summed E-state index contributed by atoms with van der Waals surface area (Å²) in [5.41, 5.74) is 5.91. The molecular weight excluding hydrogens is 326 g/mol. The van der Waals surface area contributed by atoms with Crippen molar-refractivity contribution in [1.82, 2.24) is 34.5 Å². The number of hydrogen-bond acceptors (Lipinski definition) is 5. The average Bonchev–Trinajstić information content (AvgIpc) is 3.30. The van der Waals surface area contributed by atoms with Crippen molar-refractivity contribution in [2.24, 2.45) is 0 Å². The van der Waals surface area contributed by atoms with Gasteiger partial charge in [-0.05, 0) is 19.9 Å². The zero-order valence-electron chi connectivity index (χ0n) is 14.3. The highest BCUT2D eigenvalue weighted by Gasteiger charge is 2.13. The molecule has 0 unspecified atom stereocenters. The van der Waals surface area contributed by atoms with Gasteiger partial charge in [-0.15, -0.1) is 5.10 Å². The molecule has 4 heterocycles. The van der Waals surface area contributed by atoms with Gasteiger partial charge in [-0.2, -0.15) is 0 Å². The van der Waals surface area contributed by atoms with Gasteiger partial charge in [0, 0.05) is 23.5 Å². The van der Waals surface area contributed by atoms with Gasteiger partial charge in [-0.1, -0.05) is 30.3 Å². The maximum atomic E-state index is 4.67. The van der Waals surface area contributed by atoms with Gasteiger partial charge in [-0.25, -0.2) is 19.5 Å². The first-order chi connectivity index (χ1) is 12.7. The largest absolute Gasteiger partial charge is 0.323 e. The van der Waals surface area contributed by atoms with Crippen molar-refractivity contribution >= 4 is 16.8 Å². The summed E-state index contributed by atoms with van der Waals surface area (Å²) in [7, 11) is 0. The number of rotatable bonds is 2. The first-order valence-electron chi connectivity index (χ1n) is 8.29. The standard InChI is InChI=1S/C19H15N7/c1-11-9-20-12(2)19-24-17(25-26(11)19)14-8-15-18(21-10-14)23-16(22-15)13-6-4-3-5-7-13/h3-10H,1-2H3,(H,21,22,23). The molecule has 1 aromatic carbocycles. The third-order valence-corrected chi connectivity index (χ3v) is 4.35. The molecule has 0 atom stereocenters. The number of aromatic nitrogens is 7. The molecule has 0 aliphatic rings. The van der Waals surface area contributed by atoms with E-state index >= 15 is 0 Å². The molecule has 0 spiro atoms. The zero-order chi connectivity index (χ0) is 17.7. The van der Waals surface area contributed by atoms with Gasteiger partial charge < -0.3 is 4.98 Å². The number of imidazole rings is 1. The van der Waals surface area contributed by atoms with Crippen molar-refractivity contribution < 1.29 is 0 Å². The highest BCUT2D eigenvalue weighted by molar-refractivity contribution is 5.80. The van der Waals surface area contributed by atoms with Crippen molar-refractivity contribution in [2.75, 3.05) is 0 Å². The number of aromatic amines is 1. The minimum Gasteiger partial charge on any atom is -0.323 e. The predicted octanol–water partition coefficient (Wildman–Crippen LogP) is 3.35. The fourth-order valence-electron chi connectivity index (χ4n) is 2.97.